The fourth-order valence-corrected chi connectivity index (χ4v) is 3.44. The topological polar surface area (TPSA) is 15.3 Å². The maximum Gasteiger partial charge on any atom is 0.123 e. The Labute approximate surface area is 131 Å². The molecule has 0 bridgehead atoms. The lowest BCUT2D eigenvalue weighted by Crippen LogP contribution is -2.47. The first kappa shape index (κ1) is 16.0. The van der Waals surface area contributed by atoms with Gasteiger partial charge in [0.25, 0.3) is 0 Å². The lowest BCUT2D eigenvalue weighted by Gasteiger charge is -2.43. The van der Waals surface area contributed by atoms with Crippen molar-refractivity contribution in [1.82, 2.24) is 10.2 Å². The molecule has 1 N–H and O–H groups in total. The summed E-state index contributed by atoms with van der Waals surface area (Å²) in [5.74, 6) is 0.455. The van der Waals surface area contributed by atoms with Crippen LogP contribution < -0.4 is 5.32 Å². The van der Waals surface area contributed by atoms with Gasteiger partial charge >= 0.3 is 0 Å². The number of hydrogen-bond donors (Lipinski definition) is 1. The van der Waals surface area contributed by atoms with Crippen LogP contribution in [0.25, 0.3) is 0 Å². The Bertz CT molecular complexity index is 445. The Hall–Kier alpha value is -0.350. The van der Waals surface area contributed by atoms with E-state index in [0.29, 0.717) is 17.0 Å². The van der Waals surface area contributed by atoms with Gasteiger partial charge in [0.05, 0.1) is 0 Å². The summed E-state index contributed by atoms with van der Waals surface area (Å²) in [6, 6.07) is 5.06. The maximum atomic E-state index is 13.6. The van der Waals surface area contributed by atoms with Crippen molar-refractivity contribution in [3.63, 3.8) is 0 Å². The zero-order valence-electron chi connectivity index (χ0n) is 11.4. The molecule has 1 aliphatic carbocycles. The first-order valence-corrected chi connectivity index (χ1v) is 7.53. The molecule has 1 heterocycles. The summed E-state index contributed by atoms with van der Waals surface area (Å²) in [5, 5.41) is 4.08. The lowest BCUT2D eigenvalue weighted by atomic mass is 9.76. The molecule has 1 saturated carbocycles. The minimum Gasteiger partial charge on any atom is -0.314 e. The molecule has 1 saturated heterocycles. The van der Waals surface area contributed by atoms with Gasteiger partial charge in [-0.2, -0.15) is 0 Å². The molecule has 2 nitrogen and oxygen atoms in total. The molecule has 3 rings (SSSR count). The van der Waals surface area contributed by atoms with E-state index in [1.54, 1.807) is 12.1 Å². The second kappa shape index (κ2) is 7.08. The van der Waals surface area contributed by atoms with Gasteiger partial charge in [0, 0.05) is 37.2 Å². The molecule has 112 valence electrons. The van der Waals surface area contributed by atoms with Gasteiger partial charge in [0.1, 0.15) is 5.82 Å². The van der Waals surface area contributed by atoms with Crippen LogP contribution in [-0.4, -0.2) is 31.1 Å². The predicted molar refractivity (Wildman–Crippen MR) is 83.2 cm³/mol. The van der Waals surface area contributed by atoms with Crippen molar-refractivity contribution in [2.75, 3.05) is 26.2 Å². The summed E-state index contributed by atoms with van der Waals surface area (Å²) < 4.78 is 13.6. The third-order valence-corrected chi connectivity index (χ3v) is 4.76. The van der Waals surface area contributed by atoms with Gasteiger partial charge in [0.2, 0.25) is 0 Å². The second-order valence-corrected chi connectivity index (χ2v) is 5.99. The van der Waals surface area contributed by atoms with Crippen molar-refractivity contribution >= 4 is 24.0 Å². The molecule has 0 spiro atoms. The van der Waals surface area contributed by atoms with Crippen LogP contribution >= 0.6 is 24.0 Å². The lowest BCUT2D eigenvalue weighted by molar-refractivity contribution is 0.0836. The molecular formula is C15H21Cl2FN2. The van der Waals surface area contributed by atoms with E-state index in [1.807, 2.05) is 0 Å². The van der Waals surface area contributed by atoms with Crippen LogP contribution in [0.2, 0.25) is 5.02 Å². The standard InChI is InChI=1S/C15H20ClFN2.ClH/c16-14-5-4-12(17)10-13(14)15(11-2-1-3-11)19-8-6-18-7-9-19;/h4-5,10-11,15,18H,1-3,6-9H2;1H/t15-;/m0./s1. The summed E-state index contributed by atoms with van der Waals surface area (Å²) in [5.41, 5.74) is 0.980. The Morgan fingerprint density at radius 1 is 1.25 bits per heavy atom. The summed E-state index contributed by atoms with van der Waals surface area (Å²) in [4.78, 5) is 2.47. The Morgan fingerprint density at radius 2 is 1.95 bits per heavy atom. The minimum atomic E-state index is -0.182. The van der Waals surface area contributed by atoms with E-state index in [2.05, 4.69) is 10.2 Å². The Morgan fingerprint density at radius 3 is 2.55 bits per heavy atom. The smallest absolute Gasteiger partial charge is 0.123 e. The first-order valence-electron chi connectivity index (χ1n) is 7.15. The van der Waals surface area contributed by atoms with Crippen LogP contribution in [0.1, 0.15) is 30.9 Å². The summed E-state index contributed by atoms with van der Waals surface area (Å²) >= 11 is 6.33. The molecule has 1 aliphatic heterocycles. The average Bonchev–Trinajstić information content (AvgIpc) is 2.38. The maximum absolute atomic E-state index is 13.6. The van der Waals surface area contributed by atoms with E-state index in [0.717, 1.165) is 31.7 Å². The van der Waals surface area contributed by atoms with Crippen LogP contribution in [0.4, 0.5) is 4.39 Å². The van der Waals surface area contributed by atoms with Crippen LogP contribution in [0, 0.1) is 11.7 Å². The van der Waals surface area contributed by atoms with E-state index in [1.165, 1.54) is 25.3 Å². The van der Waals surface area contributed by atoms with Gasteiger partial charge in [-0.05, 0) is 42.5 Å². The molecule has 0 unspecified atom stereocenters. The number of hydrogen-bond acceptors (Lipinski definition) is 2. The molecular weight excluding hydrogens is 298 g/mol. The summed E-state index contributed by atoms with van der Waals surface area (Å²) in [7, 11) is 0. The highest BCUT2D eigenvalue weighted by Gasteiger charge is 2.34. The number of piperazine rings is 1. The fraction of sp³-hybridized carbons (Fsp3) is 0.600. The molecule has 20 heavy (non-hydrogen) atoms. The number of rotatable bonds is 3. The Kier molecular flexibility index (Phi) is 5.67. The van der Waals surface area contributed by atoms with Crippen molar-refractivity contribution < 1.29 is 4.39 Å². The molecule has 0 radical (unpaired) electrons. The molecule has 1 atom stereocenters. The van der Waals surface area contributed by atoms with Crippen molar-refractivity contribution in [2.45, 2.75) is 25.3 Å². The zero-order chi connectivity index (χ0) is 13.2. The van der Waals surface area contributed by atoms with Crippen molar-refractivity contribution in [2.24, 2.45) is 5.92 Å². The van der Waals surface area contributed by atoms with Gasteiger partial charge < -0.3 is 5.32 Å². The third-order valence-electron chi connectivity index (χ3n) is 4.42. The van der Waals surface area contributed by atoms with Gasteiger partial charge in [-0.15, -0.1) is 12.4 Å². The van der Waals surface area contributed by atoms with Gasteiger partial charge in [-0.3, -0.25) is 4.90 Å². The quantitative estimate of drug-likeness (QED) is 0.915. The molecule has 0 amide bonds. The number of nitrogens with zero attached hydrogens (tertiary/aromatic N) is 1. The molecule has 2 aliphatic rings. The van der Waals surface area contributed by atoms with E-state index in [4.69, 9.17) is 11.6 Å². The normalized spacial score (nSPS) is 21.9. The van der Waals surface area contributed by atoms with Crippen LogP contribution in [-0.2, 0) is 0 Å². The molecule has 0 aromatic heterocycles. The average molecular weight is 319 g/mol. The van der Waals surface area contributed by atoms with Crippen LogP contribution in [0.15, 0.2) is 18.2 Å². The number of nitrogens with one attached hydrogen (secondary N) is 1. The third kappa shape index (κ3) is 3.28. The fourth-order valence-electron chi connectivity index (χ4n) is 3.21. The summed E-state index contributed by atoms with van der Waals surface area (Å²) in [6.45, 7) is 4.06. The monoisotopic (exact) mass is 318 g/mol. The second-order valence-electron chi connectivity index (χ2n) is 5.59. The van der Waals surface area contributed by atoms with E-state index in [-0.39, 0.29) is 18.2 Å². The highest BCUT2D eigenvalue weighted by molar-refractivity contribution is 6.31. The SMILES string of the molecule is Cl.Fc1ccc(Cl)c([C@H](C2CCC2)N2CCNCC2)c1. The largest absolute Gasteiger partial charge is 0.314 e. The van der Waals surface area contributed by atoms with E-state index < -0.39 is 0 Å². The highest BCUT2D eigenvalue weighted by atomic mass is 35.5. The molecule has 5 heteroatoms. The first-order chi connectivity index (χ1) is 9.25. The van der Waals surface area contributed by atoms with Crippen molar-refractivity contribution in [3.05, 3.63) is 34.6 Å². The molecule has 2 fully saturated rings. The van der Waals surface area contributed by atoms with Gasteiger partial charge in [0.15, 0.2) is 0 Å². The van der Waals surface area contributed by atoms with E-state index >= 15 is 0 Å². The van der Waals surface area contributed by atoms with Crippen molar-refractivity contribution in [1.29, 1.82) is 0 Å². The van der Waals surface area contributed by atoms with E-state index in [9.17, 15) is 4.39 Å². The highest BCUT2D eigenvalue weighted by Crippen LogP contribution is 2.43. The van der Waals surface area contributed by atoms with Crippen LogP contribution in [0.5, 0.6) is 0 Å². The Balaban J connectivity index is 0.00000147. The van der Waals surface area contributed by atoms with Gasteiger partial charge in [-0.25, -0.2) is 4.39 Å². The van der Waals surface area contributed by atoms with Crippen molar-refractivity contribution in [3.8, 4) is 0 Å². The predicted octanol–water partition coefficient (Wildman–Crippen LogP) is 3.65. The minimum absolute atomic E-state index is 0. The zero-order valence-corrected chi connectivity index (χ0v) is 13.0. The summed E-state index contributed by atoms with van der Waals surface area (Å²) in [6.07, 6.45) is 3.77. The van der Waals surface area contributed by atoms with Crippen LogP contribution in [0.3, 0.4) is 0 Å². The number of benzene rings is 1. The molecule has 1 aromatic carbocycles. The van der Waals surface area contributed by atoms with Gasteiger partial charge in [-0.1, -0.05) is 18.0 Å². The number of halogens is 3. The molecule has 1 aromatic rings.